The van der Waals surface area contributed by atoms with E-state index in [1.807, 2.05) is 21.0 Å². The maximum absolute atomic E-state index is 13.5. The molecule has 0 saturated carbocycles. The van der Waals surface area contributed by atoms with Crippen molar-refractivity contribution in [2.75, 3.05) is 19.6 Å². The number of aliphatic hydroxyl groups excluding tert-OH is 1. The van der Waals surface area contributed by atoms with Gasteiger partial charge in [0.25, 0.3) is 5.91 Å². The van der Waals surface area contributed by atoms with E-state index < -0.39 is 0 Å². The summed E-state index contributed by atoms with van der Waals surface area (Å²) >= 11 is 1.49. The van der Waals surface area contributed by atoms with Crippen molar-refractivity contribution in [1.29, 1.82) is 0 Å². The summed E-state index contributed by atoms with van der Waals surface area (Å²) in [4.78, 5) is 34.3. The highest BCUT2D eigenvalue weighted by molar-refractivity contribution is 7.07. The lowest BCUT2D eigenvalue weighted by atomic mass is 10.0. The predicted molar refractivity (Wildman–Crippen MR) is 133 cm³/mol. The molecule has 0 radical (unpaired) electrons. The number of piperidine rings is 1. The van der Waals surface area contributed by atoms with Crippen molar-refractivity contribution in [3.8, 4) is 0 Å². The predicted octanol–water partition coefficient (Wildman–Crippen LogP) is 2.70. The van der Waals surface area contributed by atoms with Crippen LogP contribution in [-0.4, -0.2) is 67.2 Å². The summed E-state index contributed by atoms with van der Waals surface area (Å²) in [5.74, 6) is -0.0679. The number of aromatic nitrogens is 3. The Morgan fingerprint density at radius 1 is 1.09 bits per heavy atom. The molecule has 2 amide bonds. The van der Waals surface area contributed by atoms with Crippen molar-refractivity contribution >= 4 is 23.2 Å². The van der Waals surface area contributed by atoms with E-state index in [0.717, 1.165) is 36.3 Å². The number of aryl methyl sites for hydroxylation is 2. The van der Waals surface area contributed by atoms with E-state index in [4.69, 9.17) is 5.10 Å². The summed E-state index contributed by atoms with van der Waals surface area (Å²) in [6.45, 7) is 2.80. The minimum absolute atomic E-state index is 0.0258. The lowest BCUT2D eigenvalue weighted by molar-refractivity contribution is -0.131. The van der Waals surface area contributed by atoms with Crippen LogP contribution in [0.3, 0.4) is 0 Å². The maximum atomic E-state index is 13.5. The number of carbonyl (C=O) groups is 2. The van der Waals surface area contributed by atoms with E-state index in [1.165, 1.54) is 16.9 Å². The van der Waals surface area contributed by atoms with Gasteiger partial charge < -0.3 is 14.9 Å². The molecule has 0 unspecified atom stereocenters. The van der Waals surface area contributed by atoms with Gasteiger partial charge in [-0.05, 0) is 31.2 Å². The Morgan fingerprint density at radius 3 is 2.63 bits per heavy atom. The van der Waals surface area contributed by atoms with E-state index in [0.29, 0.717) is 51.1 Å². The van der Waals surface area contributed by atoms with E-state index >= 15 is 0 Å². The molecule has 9 heteroatoms. The number of benzene rings is 1. The number of aliphatic hydroxyl groups is 1. The van der Waals surface area contributed by atoms with Gasteiger partial charge in [-0.2, -0.15) is 5.10 Å². The summed E-state index contributed by atoms with van der Waals surface area (Å²) in [5, 5.41) is 16.6. The number of likely N-dealkylation sites (tertiary alicyclic amines) is 1. The van der Waals surface area contributed by atoms with Crippen LogP contribution in [-0.2, 0) is 37.1 Å². The Balaban J connectivity index is 1.35. The number of fused-ring (bicyclic) bond motifs is 1. The largest absolute Gasteiger partial charge is 0.393 e. The van der Waals surface area contributed by atoms with Crippen molar-refractivity contribution in [3.63, 3.8) is 0 Å². The van der Waals surface area contributed by atoms with Crippen molar-refractivity contribution in [1.82, 2.24) is 24.6 Å². The summed E-state index contributed by atoms with van der Waals surface area (Å²) in [6, 6.07) is 10.4. The molecule has 0 atom stereocenters. The highest BCUT2D eigenvalue weighted by Gasteiger charge is 2.33. The van der Waals surface area contributed by atoms with Gasteiger partial charge in [-0.1, -0.05) is 30.3 Å². The monoisotopic (exact) mass is 493 g/mol. The van der Waals surface area contributed by atoms with Crippen LogP contribution >= 0.6 is 11.3 Å². The fourth-order valence-corrected chi connectivity index (χ4v) is 5.51. The molecule has 1 aromatic carbocycles. The zero-order valence-corrected chi connectivity index (χ0v) is 20.6. The standard InChI is InChI=1S/C26H31N5O3S/c32-21-8-12-29(13-9-21)26(34)25-22-16-30(24(33)15-20-17-35-18-27-20)14-10-23(22)31(28-25)11-4-7-19-5-2-1-3-6-19/h1-3,5-6,17-18,21,32H,4,7-16H2. The molecule has 0 aliphatic carbocycles. The molecule has 5 rings (SSSR count). The molecule has 2 aliphatic rings. The van der Waals surface area contributed by atoms with Gasteiger partial charge in [0.05, 0.1) is 23.7 Å². The third kappa shape index (κ3) is 5.46. The second-order valence-electron chi connectivity index (χ2n) is 9.33. The molecular weight excluding hydrogens is 462 g/mol. The zero-order chi connectivity index (χ0) is 24.2. The van der Waals surface area contributed by atoms with Gasteiger partial charge >= 0.3 is 0 Å². The highest BCUT2D eigenvalue weighted by Crippen LogP contribution is 2.26. The van der Waals surface area contributed by atoms with E-state index in [1.54, 1.807) is 10.4 Å². The second kappa shape index (κ2) is 10.7. The minimum atomic E-state index is -0.345. The van der Waals surface area contributed by atoms with Crippen LogP contribution < -0.4 is 0 Å². The molecule has 0 bridgehead atoms. The number of thiazole rings is 1. The molecule has 2 aromatic heterocycles. The molecular formula is C26H31N5O3S. The van der Waals surface area contributed by atoms with Crippen LogP contribution in [0.5, 0.6) is 0 Å². The first-order chi connectivity index (χ1) is 17.1. The van der Waals surface area contributed by atoms with Crippen LogP contribution in [0.1, 0.15) is 52.3 Å². The highest BCUT2D eigenvalue weighted by atomic mass is 32.1. The van der Waals surface area contributed by atoms with Crippen LogP contribution in [0.15, 0.2) is 41.2 Å². The maximum Gasteiger partial charge on any atom is 0.274 e. The van der Waals surface area contributed by atoms with Crippen LogP contribution in [0, 0.1) is 0 Å². The number of carbonyl (C=O) groups excluding carboxylic acids is 2. The molecule has 184 valence electrons. The number of nitrogens with zero attached hydrogens (tertiary/aromatic N) is 5. The molecule has 8 nitrogen and oxygen atoms in total. The van der Waals surface area contributed by atoms with Crippen LogP contribution in [0.2, 0.25) is 0 Å². The van der Waals surface area contributed by atoms with Crippen LogP contribution in [0.25, 0.3) is 0 Å². The summed E-state index contributed by atoms with van der Waals surface area (Å²) in [6.07, 6.45) is 3.66. The molecule has 1 fully saturated rings. The second-order valence-corrected chi connectivity index (χ2v) is 10.1. The lowest BCUT2D eigenvalue weighted by Gasteiger charge is -2.30. The van der Waals surface area contributed by atoms with Crippen molar-refractivity contribution in [2.24, 2.45) is 0 Å². The SMILES string of the molecule is O=C(Cc1cscn1)N1CCc2c(c(C(=O)N3CCC(O)CC3)nn2CCCc2ccccc2)C1. The molecule has 1 N–H and O–H groups in total. The molecule has 35 heavy (non-hydrogen) atoms. The molecule has 2 aliphatic heterocycles. The minimum Gasteiger partial charge on any atom is -0.393 e. The topological polar surface area (TPSA) is 91.6 Å². The Hall–Kier alpha value is -3.04. The third-order valence-electron chi connectivity index (χ3n) is 6.93. The number of amides is 2. The fourth-order valence-electron chi connectivity index (χ4n) is 4.95. The third-order valence-corrected chi connectivity index (χ3v) is 7.57. The van der Waals surface area contributed by atoms with Crippen molar-refractivity contribution < 1.29 is 14.7 Å². The average Bonchev–Trinajstić information content (AvgIpc) is 3.52. The molecule has 0 spiro atoms. The van der Waals surface area contributed by atoms with E-state index in [2.05, 4.69) is 29.2 Å². The molecule has 4 heterocycles. The zero-order valence-electron chi connectivity index (χ0n) is 19.8. The lowest BCUT2D eigenvalue weighted by Crippen LogP contribution is -2.41. The Morgan fingerprint density at radius 2 is 1.89 bits per heavy atom. The summed E-state index contributed by atoms with van der Waals surface area (Å²) in [7, 11) is 0. The number of hydrogen-bond donors (Lipinski definition) is 1. The molecule has 3 aromatic rings. The molecule has 1 saturated heterocycles. The Labute approximate surface area is 209 Å². The fraction of sp³-hybridized carbons (Fsp3) is 0.462. The van der Waals surface area contributed by atoms with Crippen molar-refractivity contribution in [3.05, 3.63) is 69.4 Å². The van der Waals surface area contributed by atoms with Gasteiger partial charge in [-0.15, -0.1) is 11.3 Å². The van der Waals surface area contributed by atoms with Gasteiger partial charge in [0.15, 0.2) is 5.69 Å². The normalized spacial score (nSPS) is 16.4. The van der Waals surface area contributed by atoms with Gasteiger partial charge in [0, 0.05) is 55.8 Å². The number of hydrogen-bond acceptors (Lipinski definition) is 6. The van der Waals surface area contributed by atoms with Gasteiger partial charge in [-0.3, -0.25) is 14.3 Å². The summed E-state index contributed by atoms with van der Waals surface area (Å²) in [5.41, 5.74) is 6.21. The van der Waals surface area contributed by atoms with E-state index in [-0.39, 0.29) is 24.3 Å². The first-order valence-corrected chi connectivity index (χ1v) is 13.3. The van der Waals surface area contributed by atoms with Gasteiger partial charge in [0.2, 0.25) is 5.91 Å². The Bertz CT molecular complexity index is 1150. The van der Waals surface area contributed by atoms with Crippen LogP contribution in [0.4, 0.5) is 0 Å². The smallest absolute Gasteiger partial charge is 0.274 e. The first kappa shape index (κ1) is 23.7. The van der Waals surface area contributed by atoms with Crippen molar-refractivity contribution in [2.45, 2.75) is 57.7 Å². The first-order valence-electron chi connectivity index (χ1n) is 12.3. The average molecular weight is 494 g/mol. The quantitative estimate of drug-likeness (QED) is 0.547. The van der Waals surface area contributed by atoms with Gasteiger partial charge in [0.1, 0.15) is 0 Å². The van der Waals surface area contributed by atoms with E-state index in [9.17, 15) is 14.7 Å². The summed E-state index contributed by atoms with van der Waals surface area (Å²) < 4.78 is 1.99. The Kier molecular flexibility index (Phi) is 7.24. The van der Waals surface area contributed by atoms with Gasteiger partial charge in [-0.25, -0.2) is 4.98 Å². The number of rotatable bonds is 7.